The highest BCUT2D eigenvalue weighted by Gasteiger charge is 1.74. The first kappa shape index (κ1) is 8.53. The maximum Gasteiger partial charge on any atom is 0.115 e. The van der Waals surface area contributed by atoms with E-state index in [4.69, 9.17) is 16.2 Å². The van der Waals surface area contributed by atoms with E-state index in [-0.39, 0.29) is 0 Å². The lowest BCUT2D eigenvalue weighted by Crippen LogP contribution is -1.56. The van der Waals surface area contributed by atoms with Crippen LogP contribution in [0.1, 0.15) is 0 Å². The van der Waals surface area contributed by atoms with Gasteiger partial charge in [-0.2, -0.15) is 11.1 Å². The third-order valence-electron chi connectivity index (χ3n) is 0.756. The standard InChI is InChI=1S/C6H6O.ClH3Si/c7-6-4-2-1-3-5-6;1-2/h1-5,7H;2H3. The molecule has 0 amide bonds. The highest BCUT2D eigenvalue weighted by molar-refractivity contribution is 6.80. The number of para-hydroxylation sites is 1. The largest absolute Gasteiger partial charge is 0.508 e. The smallest absolute Gasteiger partial charge is 0.115 e. The summed E-state index contributed by atoms with van der Waals surface area (Å²) in [5, 5.41) is 8.63. The van der Waals surface area contributed by atoms with Gasteiger partial charge < -0.3 is 5.11 Å². The van der Waals surface area contributed by atoms with Gasteiger partial charge in [-0.25, -0.2) is 0 Å². The van der Waals surface area contributed by atoms with Gasteiger partial charge in [-0.05, 0) is 12.1 Å². The average Bonchev–Trinajstić information content (AvgIpc) is 1.94. The van der Waals surface area contributed by atoms with Crippen LogP contribution in [-0.2, 0) is 0 Å². The molecule has 0 unspecified atom stereocenters. The molecule has 0 radical (unpaired) electrons. The van der Waals surface area contributed by atoms with Crippen LogP contribution in [0.4, 0.5) is 0 Å². The molecule has 3 heteroatoms. The zero-order valence-electron chi connectivity index (χ0n) is 5.21. The first-order chi connectivity index (χ1) is 4.39. The topological polar surface area (TPSA) is 20.2 Å². The molecule has 9 heavy (non-hydrogen) atoms. The second kappa shape index (κ2) is 5.66. The van der Waals surface area contributed by atoms with Crippen molar-refractivity contribution in [3.05, 3.63) is 30.3 Å². The van der Waals surface area contributed by atoms with Crippen LogP contribution in [0.2, 0.25) is 0 Å². The third-order valence-corrected chi connectivity index (χ3v) is 0.756. The van der Waals surface area contributed by atoms with Gasteiger partial charge in [-0.15, -0.1) is 0 Å². The monoisotopic (exact) mass is 160 g/mol. The predicted molar refractivity (Wildman–Crippen MR) is 43.9 cm³/mol. The molecule has 0 aliphatic rings. The van der Waals surface area contributed by atoms with Gasteiger partial charge in [0.25, 0.3) is 0 Å². The summed E-state index contributed by atoms with van der Waals surface area (Å²) in [5.41, 5.74) is 0. The number of aromatic hydroxyl groups is 1. The first-order valence-electron chi connectivity index (χ1n) is 2.51. The molecule has 0 aliphatic carbocycles. The molecular formula is C6H9ClOSi. The van der Waals surface area contributed by atoms with Crippen molar-refractivity contribution in [3.8, 4) is 5.75 Å². The minimum atomic E-state index is 0.322. The van der Waals surface area contributed by atoms with E-state index in [1.807, 2.05) is 6.07 Å². The fraction of sp³-hybridized carbons (Fsp3) is 0. The Morgan fingerprint density at radius 2 is 1.56 bits per heavy atom. The summed E-state index contributed by atoms with van der Waals surface area (Å²) < 4.78 is 0. The summed E-state index contributed by atoms with van der Waals surface area (Å²) in [7, 11) is 0.778. The van der Waals surface area contributed by atoms with Gasteiger partial charge >= 0.3 is 0 Å². The van der Waals surface area contributed by atoms with Crippen molar-refractivity contribution in [1.82, 2.24) is 0 Å². The summed E-state index contributed by atoms with van der Waals surface area (Å²) in [5.74, 6) is 0.322. The predicted octanol–water partition coefficient (Wildman–Crippen LogP) is 0.898. The lowest BCUT2D eigenvalue weighted by molar-refractivity contribution is 0.475. The maximum atomic E-state index is 8.63. The van der Waals surface area contributed by atoms with Crippen LogP contribution in [0.25, 0.3) is 0 Å². The zero-order chi connectivity index (χ0) is 7.11. The van der Waals surface area contributed by atoms with Gasteiger partial charge in [0.1, 0.15) is 15.3 Å². The van der Waals surface area contributed by atoms with Crippen molar-refractivity contribution in [3.63, 3.8) is 0 Å². The van der Waals surface area contributed by atoms with E-state index in [1.165, 1.54) is 0 Å². The lowest BCUT2D eigenvalue weighted by Gasteiger charge is -1.82. The van der Waals surface area contributed by atoms with Crippen molar-refractivity contribution in [2.24, 2.45) is 0 Å². The van der Waals surface area contributed by atoms with Crippen molar-refractivity contribution in [1.29, 1.82) is 0 Å². The molecule has 1 aromatic rings. The highest BCUT2D eigenvalue weighted by atomic mass is 35.6. The van der Waals surface area contributed by atoms with E-state index in [2.05, 4.69) is 0 Å². The summed E-state index contributed by atoms with van der Waals surface area (Å²) in [4.78, 5) is 0. The molecule has 0 atom stereocenters. The third kappa shape index (κ3) is 4.06. The van der Waals surface area contributed by atoms with Crippen LogP contribution in [0.15, 0.2) is 30.3 Å². The van der Waals surface area contributed by atoms with Crippen LogP contribution in [-0.4, -0.2) is 14.7 Å². The highest BCUT2D eigenvalue weighted by Crippen LogP contribution is 2.02. The average molecular weight is 161 g/mol. The van der Waals surface area contributed by atoms with Crippen LogP contribution < -0.4 is 0 Å². The molecular weight excluding hydrogens is 152 g/mol. The molecule has 0 aromatic heterocycles. The fourth-order valence-corrected chi connectivity index (χ4v) is 0.428. The second-order valence-electron chi connectivity index (χ2n) is 1.34. The van der Waals surface area contributed by atoms with Gasteiger partial charge in [-0.3, -0.25) is 0 Å². The molecule has 0 saturated heterocycles. The van der Waals surface area contributed by atoms with Gasteiger partial charge in [0.15, 0.2) is 0 Å². The number of hydrogen-bond acceptors (Lipinski definition) is 1. The quantitative estimate of drug-likeness (QED) is 0.442. The summed E-state index contributed by atoms with van der Waals surface area (Å²) in [6.07, 6.45) is 0. The van der Waals surface area contributed by atoms with Crippen molar-refractivity contribution in [2.45, 2.75) is 0 Å². The molecule has 1 aromatic carbocycles. The molecule has 0 fully saturated rings. The minimum Gasteiger partial charge on any atom is -0.508 e. The molecule has 1 nitrogen and oxygen atoms in total. The lowest BCUT2D eigenvalue weighted by atomic mass is 10.3. The number of halogens is 1. The number of phenols is 1. The van der Waals surface area contributed by atoms with Crippen molar-refractivity contribution >= 4 is 20.6 Å². The van der Waals surface area contributed by atoms with E-state index in [1.54, 1.807) is 24.3 Å². The Hall–Kier alpha value is -0.473. The Labute approximate surface area is 62.4 Å². The number of rotatable bonds is 0. The Morgan fingerprint density at radius 3 is 1.78 bits per heavy atom. The van der Waals surface area contributed by atoms with Crippen LogP contribution in [0.5, 0.6) is 5.75 Å². The van der Waals surface area contributed by atoms with Crippen molar-refractivity contribution in [2.75, 3.05) is 0 Å². The van der Waals surface area contributed by atoms with Crippen LogP contribution in [0.3, 0.4) is 0 Å². The summed E-state index contributed by atoms with van der Waals surface area (Å²) in [6, 6.07) is 8.71. The number of hydrogen-bond donors (Lipinski definition) is 1. The van der Waals surface area contributed by atoms with E-state index >= 15 is 0 Å². The second-order valence-corrected chi connectivity index (χ2v) is 1.34. The molecule has 0 spiro atoms. The van der Waals surface area contributed by atoms with E-state index in [0.29, 0.717) is 5.75 Å². The van der Waals surface area contributed by atoms with E-state index < -0.39 is 0 Å². The van der Waals surface area contributed by atoms with Crippen LogP contribution >= 0.6 is 11.1 Å². The van der Waals surface area contributed by atoms with E-state index in [9.17, 15) is 0 Å². The molecule has 0 saturated carbocycles. The minimum absolute atomic E-state index is 0.322. The van der Waals surface area contributed by atoms with Gasteiger partial charge in [0.05, 0.1) is 0 Å². The van der Waals surface area contributed by atoms with Gasteiger partial charge in [0, 0.05) is 0 Å². The maximum absolute atomic E-state index is 8.63. The fourth-order valence-electron chi connectivity index (χ4n) is 0.428. The molecule has 1 rings (SSSR count). The molecule has 0 heterocycles. The molecule has 1 N–H and O–H groups in total. The van der Waals surface area contributed by atoms with Gasteiger partial charge in [-0.1, -0.05) is 18.2 Å². The molecule has 0 bridgehead atoms. The first-order valence-corrected chi connectivity index (χ1v) is 5.54. The molecule has 0 aliphatic heterocycles. The molecule has 50 valence electrons. The number of benzene rings is 1. The normalized spacial score (nSPS) is 7.67. The number of phenolic OH excluding ortho intramolecular Hbond substituents is 1. The van der Waals surface area contributed by atoms with E-state index in [0.717, 1.165) is 9.55 Å². The summed E-state index contributed by atoms with van der Waals surface area (Å²) >= 11 is 4.78. The Balaban J connectivity index is 0.000000291. The summed E-state index contributed by atoms with van der Waals surface area (Å²) in [6.45, 7) is 0. The zero-order valence-corrected chi connectivity index (χ0v) is 7.97. The van der Waals surface area contributed by atoms with Gasteiger partial charge in [0.2, 0.25) is 0 Å². The van der Waals surface area contributed by atoms with Crippen LogP contribution in [0, 0.1) is 0 Å². The Morgan fingerprint density at radius 1 is 1.11 bits per heavy atom. The van der Waals surface area contributed by atoms with Crippen molar-refractivity contribution < 1.29 is 5.11 Å². The Kier molecular flexibility index (Phi) is 5.36. The SMILES string of the molecule is Oc1ccccc1.[SiH3]Cl. The Bertz CT molecular complexity index is 143.